The van der Waals surface area contributed by atoms with Gasteiger partial charge in [-0.1, -0.05) is 29.3 Å². The van der Waals surface area contributed by atoms with Gasteiger partial charge in [-0.2, -0.15) is 5.10 Å². The Bertz CT molecular complexity index is 2380. The number of H-pyrrole nitrogens is 1. The SMILES string of the molecule is COC(=O)c1cc2cc(C)cc(N3C[C@@H](C)n4c(c(CCCOc5cc(C)c(Cl)c(C)c5)c5ccc(Cl)c(-c6c(C)nn(C)c6C)c54)C3=O)c2[nH]1. The van der Waals surface area contributed by atoms with E-state index < -0.39 is 5.97 Å². The molecule has 1 amide bonds. The molecule has 6 aromatic rings. The highest BCUT2D eigenvalue weighted by molar-refractivity contribution is 6.35. The largest absolute Gasteiger partial charge is 0.494 e. The third-order valence-corrected chi connectivity index (χ3v) is 11.0. The Morgan fingerprint density at radius 2 is 1.75 bits per heavy atom. The first-order valence-corrected chi connectivity index (χ1v) is 17.8. The number of aromatic nitrogens is 4. The van der Waals surface area contributed by atoms with Crippen LogP contribution in [-0.4, -0.2) is 51.5 Å². The number of nitrogens with one attached hydrogen (secondary N) is 1. The number of hydrogen-bond donors (Lipinski definition) is 1. The third kappa shape index (κ3) is 5.76. The van der Waals surface area contributed by atoms with Crippen LogP contribution in [0.4, 0.5) is 5.69 Å². The van der Waals surface area contributed by atoms with Gasteiger partial charge in [0, 0.05) is 52.3 Å². The molecule has 1 N–H and O–H groups in total. The van der Waals surface area contributed by atoms with Gasteiger partial charge in [-0.25, -0.2) is 4.79 Å². The minimum Gasteiger partial charge on any atom is -0.494 e. The molecule has 1 atom stereocenters. The summed E-state index contributed by atoms with van der Waals surface area (Å²) in [7, 11) is 3.29. The molecule has 0 saturated carbocycles. The Balaban J connectivity index is 1.38. The van der Waals surface area contributed by atoms with Crippen LogP contribution in [0.2, 0.25) is 10.0 Å². The Kier molecular flexibility index (Phi) is 8.92. The molecule has 1 aliphatic heterocycles. The van der Waals surface area contributed by atoms with Crippen LogP contribution in [0, 0.1) is 34.6 Å². The molecule has 0 fully saturated rings. The Labute approximate surface area is 307 Å². The van der Waals surface area contributed by atoms with Gasteiger partial charge in [0.25, 0.3) is 5.91 Å². The molecule has 11 heteroatoms. The minimum atomic E-state index is -0.466. The van der Waals surface area contributed by atoms with Gasteiger partial charge in [-0.3, -0.25) is 9.48 Å². The normalized spacial score (nSPS) is 14.5. The van der Waals surface area contributed by atoms with Gasteiger partial charge in [0.1, 0.15) is 17.1 Å². The smallest absolute Gasteiger partial charge is 0.354 e. The van der Waals surface area contributed by atoms with Crippen molar-refractivity contribution in [2.45, 2.75) is 60.4 Å². The monoisotopic (exact) mass is 725 g/mol. The molecular weight excluding hydrogens is 685 g/mol. The number of carbonyl (C=O) groups excluding carboxylic acids is 2. The first kappa shape index (κ1) is 34.7. The molecule has 1 aliphatic rings. The average molecular weight is 727 g/mol. The van der Waals surface area contributed by atoms with E-state index in [-0.39, 0.29) is 11.9 Å². The van der Waals surface area contributed by atoms with Crippen LogP contribution >= 0.6 is 23.2 Å². The predicted molar refractivity (Wildman–Crippen MR) is 204 cm³/mol. The third-order valence-electron chi connectivity index (χ3n) is 10.1. The second-order valence-corrected chi connectivity index (χ2v) is 14.5. The fourth-order valence-electron chi connectivity index (χ4n) is 7.74. The summed E-state index contributed by atoms with van der Waals surface area (Å²) in [5.41, 5.74) is 10.9. The maximum Gasteiger partial charge on any atom is 0.354 e. The highest BCUT2D eigenvalue weighted by Crippen LogP contribution is 2.45. The van der Waals surface area contributed by atoms with Gasteiger partial charge >= 0.3 is 5.97 Å². The summed E-state index contributed by atoms with van der Waals surface area (Å²) < 4.78 is 15.3. The van der Waals surface area contributed by atoms with E-state index in [0.29, 0.717) is 53.6 Å². The number of aromatic amines is 1. The van der Waals surface area contributed by atoms with E-state index in [1.165, 1.54) is 7.11 Å². The van der Waals surface area contributed by atoms with Crippen molar-refractivity contribution in [2.24, 2.45) is 7.05 Å². The molecule has 0 saturated heterocycles. The lowest BCUT2D eigenvalue weighted by molar-refractivity contribution is 0.0595. The Morgan fingerprint density at radius 3 is 2.41 bits per heavy atom. The summed E-state index contributed by atoms with van der Waals surface area (Å²) in [5.74, 6) is 0.186. The minimum absolute atomic E-state index is 0.119. The van der Waals surface area contributed by atoms with Crippen molar-refractivity contribution in [1.82, 2.24) is 19.3 Å². The van der Waals surface area contributed by atoms with Crippen molar-refractivity contribution >= 4 is 62.6 Å². The van der Waals surface area contributed by atoms with Gasteiger partial charge < -0.3 is 23.9 Å². The van der Waals surface area contributed by atoms with Crippen LogP contribution < -0.4 is 9.64 Å². The molecule has 4 heterocycles. The van der Waals surface area contributed by atoms with Gasteiger partial charge in [-0.05, 0) is 113 Å². The standard InChI is InChI=1S/C40H41Cl2N5O4/c1-20-14-26-18-31(40(49)50-8)43-36(26)32(15-20)46-19-23(4)47-37-29(11-12-30(41)34(37)33-24(5)44-45(7)25(33)6)28(38(47)39(46)48)10-9-13-51-27-16-21(2)35(42)22(3)17-27/h11-12,14-18,23,43H,9-10,13,19H2,1-8H3/t23-/m1/s1. The van der Waals surface area contributed by atoms with E-state index >= 15 is 4.79 Å². The maximum absolute atomic E-state index is 15.0. The van der Waals surface area contributed by atoms with Crippen molar-refractivity contribution in [2.75, 3.05) is 25.2 Å². The van der Waals surface area contributed by atoms with Crippen LogP contribution in [-0.2, 0) is 18.2 Å². The van der Waals surface area contributed by atoms with E-state index in [0.717, 1.165) is 71.8 Å². The second-order valence-electron chi connectivity index (χ2n) is 13.7. The number of nitrogens with zero attached hydrogens (tertiary/aromatic N) is 4. The summed E-state index contributed by atoms with van der Waals surface area (Å²) in [6.45, 7) is 13.0. The maximum atomic E-state index is 15.0. The van der Waals surface area contributed by atoms with Gasteiger partial charge in [-0.15, -0.1) is 0 Å². The highest BCUT2D eigenvalue weighted by Gasteiger charge is 2.37. The molecule has 0 bridgehead atoms. The summed E-state index contributed by atoms with van der Waals surface area (Å²) in [6, 6.07) is 13.5. The van der Waals surface area contributed by atoms with Crippen molar-refractivity contribution in [3.8, 4) is 16.9 Å². The molecular formula is C40H41Cl2N5O4. The number of rotatable bonds is 8. The number of amides is 1. The number of hydrogen-bond acceptors (Lipinski definition) is 5. The number of aryl methyl sites for hydroxylation is 6. The summed E-state index contributed by atoms with van der Waals surface area (Å²) in [4.78, 5) is 32.6. The van der Waals surface area contributed by atoms with Crippen molar-refractivity contribution in [1.29, 1.82) is 0 Å². The van der Waals surface area contributed by atoms with Crippen LogP contribution in [0.1, 0.15) is 74.0 Å². The van der Waals surface area contributed by atoms with Gasteiger partial charge in [0.2, 0.25) is 0 Å². The molecule has 0 spiro atoms. The molecule has 9 nitrogen and oxygen atoms in total. The van der Waals surface area contributed by atoms with E-state index in [9.17, 15) is 4.79 Å². The highest BCUT2D eigenvalue weighted by atomic mass is 35.5. The van der Waals surface area contributed by atoms with Crippen LogP contribution in [0.3, 0.4) is 0 Å². The molecule has 7 rings (SSSR count). The number of fused-ring (bicyclic) bond motifs is 4. The second kappa shape index (κ2) is 13.1. The number of methoxy groups -OCH3 is 1. The van der Waals surface area contributed by atoms with Gasteiger partial charge in [0.15, 0.2) is 0 Å². The molecule has 3 aromatic heterocycles. The lowest BCUT2D eigenvalue weighted by Crippen LogP contribution is -2.43. The Hall–Kier alpha value is -4.73. The van der Waals surface area contributed by atoms with E-state index in [1.54, 1.807) is 6.07 Å². The number of carbonyl (C=O) groups is 2. The molecule has 3 aromatic carbocycles. The van der Waals surface area contributed by atoms with Crippen molar-refractivity contribution in [3.63, 3.8) is 0 Å². The predicted octanol–water partition coefficient (Wildman–Crippen LogP) is 9.39. The molecule has 264 valence electrons. The van der Waals surface area contributed by atoms with E-state index in [1.807, 2.05) is 87.6 Å². The van der Waals surface area contributed by atoms with Crippen LogP contribution in [0.15, 0.2) is 42.5 Å². The van der Waals surface area contributed by atoms with Crippen LogP contribution in [0.5, 0.6) is 5.75 Å². The molecule has 0 aliphatic carbocycles. The zero-order valence-electron chi connectivity index (χ0n) is 30.1. The molecule has 51 heavy (non-hydrogen) atoms. The summed E-state index contributed by atoms with van der Waals surface area (Å²) >= 11 is 13.5. The summed E-state index contributed by atoms with van der Waals surface area (Å²) in [6.07, 6.45) is 1.27. The topological polar surface area (TPSA) is 94.4 Å². The van der Waals surface area contributed by atoms with Crippen molar-refractivity contribution < 1.29 is 19.1 Å². The molecule has 0 radical (unpaired) electrons. The van der Waals surface area contributed by atoms with Crippen LogP contribution in [0.25, 0.3) is 32.9 Å². The zero-order chi connectivity index (χ0) is 36.5. The fourth-order valence-corrected chi connectivity index (χ4v) is 8.10. The number of halogens is 2. The van der Waals surface area contributed by atoms with Crippen molar-refractivity contribution in [3.05, 3.63) is 97.5 Å². The fraction of sp³-hybridized carbons (Fsp3) is 0.325. The van der Waals surface area contributed by atoms with E-state index in [4.69, 9.17) is 37.8 Å². The number of benzene rings is 3. The van der Waals surface area contributed by atoms with E-state index in [2.05, 4.69) is 16.5 Å². The number of esters is 1. The average Bonchev–Trinajstić information content (AvgIpc) is 3.74. The quantitative estimate of drug-likeness (QED) is 0.125. The Morgan fingerprint density at radius 1 is 1.02 bits per heavy atom. The number of anilines is 1. The lowest BCUT2D eigenvalue weighted by atomic mass is 9.98. The number of ether oxygens (including phenoxy) is 2. The zero-order valence-corrected chi connectivity index (χ0v) is 31.6. The first-order valence-electron chi connectivity index (χ1n) is 17.1. The lowest BCUT2D eigenvalue weighted by Gasteiger charge is -2.34. The van der Waals surface area contributed by atoms with Gasteiger partial charge in [0.05, 0.1) is 41.2 Å². The first-order chi connectivity index (χ1) is 24.3. The molecule has 0 unspecified atom stereocenters. The summed E-state index contributed by atoms with van der Waals surface area (Å²) in [5, 5.41) is 7.88.